The summed E-state index contributed by atoms with van der Waals surface area (Å²) < 4.78 is 34.5. The number of hydroxylamine groups is 2. The number of sulfonamides is 1. The van der Waals surface area contributed by atoms with E-state index >= 15 is 0 Å². The van der Waals surface area contributed by atoms with Gasteiger partial charge >= 0.3 is 6.09 Å². The molecule has 2 rings (SSSR count). The first kappa shape index (κ1) is 28.4. The van der Waals surface area contributed by atoms with Crippen LogP contribution in [-0.4, -0.2) is 75.2 Å². The lowest BCUT2D eigenvalue weighted by Gasteiger charge is -2.35. The number of aryl methyl sites for hydroxylation is 1. The van der Waals surface area contributed by atoms with E-state index in [2.05, 4.69) is 9.71 Å². The van der Waals surface area contributed by atoms with Gasteiger partial charge in [0.25, 0.3) is 15.9 Å². The lowest BCUT2D eigenvalue weighted by atomic mass is 9.91. The van der Waals surface area contributed by atoms with E-state index in [0.29, 0.717) is 19.5 Å². The highest BCUT2D eigenvalue weighted by Crippen LogP contribution is 2.23. The number of carbonyl (C=O) groups excluding carboxylic acids is 2. The minimum Gasteiger partial charge on any atom is -0.444 e. The summed E-state index contributed by atoms with van der Waals surface area (Å²) in [5, 5.41) is 3.68. The molecule has 1 unspecified atom stereocenters. The molecule has 196 valence electrons. The molecule has 1 fully saturated rings. The summed E-state index contributed by atoms with van der Waals surface area (Å²) in [5.41, 5.74) is 6.30. The van der Waals surface area contributed by atoms with E-state index in [-0.39, 0.29) is 16.8 Å². The van der Waals surface area contributed by atoms with Crippen molar-refractivity contribution in [2.24, 2.45) is 16.0 Å². The molecular formula is C23H37N5O6S. The van der Waals surface area contributed by atoms with Crippen LogP contribution in [0.15, 0.2) is 33.6 Å². The highest BCUT2D eigenvalue weighted by atomic mass is 32.2. The number of ether oxygens (including phenoxy) is 1. The monoisotopic (exact) mass is 511 g/mol. The fourth-order valence-electron chi connectivity index (χ4n) is 3.72. The van der Waals surface area contributed by atoms with Crippen molar-refractivity contribution in [1.82, 2.24) is 15.3 Å². The number of guanidine groups is 1. The Kier molecular flexibility index (Phi) is 9.50. The van der Waals surface area contributed by atoms with Crippen LogP contribution in [0, 0.1) is 12.8 Å². The minimum absolute atomic E-state index is 0.0614. The molecule has 0 bridgehead atoms. The molecule has 35 heavy (non-hydrogen) atoms. The summed E-state index contributed by atoms with van der Waals surface area (Å²) in [5.74, 6) is -0.597. The second kappa shape index (κ2) is 11.7. The first-order valence-electron chi connectivity index (χ1n) is 11.4. The molecule has 1 aromatic carbocycles. The van der Waals surface area contributed by atoms with Gasteiger partial charge in [0, 0.05) is 20.1 Å². The maximum Gasteiger partial charge on any atom is 0.408 e. The molecular weight excluding hydrogens is 474 g/mol. The topological polar surface area (TPSA) is 144 Å². The van der Waals surface area contributed by atoms with E-state index in [4.69, 9.17) is 15.3 Å². The van der Waals surface area contributed by atoms with Crippen LogP contribution in [0.5, 0.6) is 0 Å². The van der Waals surface area contributed by atoms with Crippen LogP contribution in [0.4, 0.5) is 4.79 Å². The number of likely N-dealkylation sites (N-methyl/N-ethyl adjacent to an activating group) is 1. The van der Waals surface area contributed by atoms with Gasteiger partial charge in [-0.3, -0.25) is 9.63 Å². The zero-order valence-corrected chi connectivity index (χ0v) is 22.1. The van der Waals surface area contributed by atoms with Gasteiger partial charge in [0.1, 0.15) is 11.6 Å². The Morgan fingerprint density at radius 2 is 1.91 bits per heavy atom. The number of hydrogen-bond donors (Lipinski definition) is 2. The van der Waals surface area contributed by atoms with Crippen LogP contribution < -0.4 is 11.1 Å². The van der Waals surface area contributed by atoms with Crippen molar-refractivity contribution in [3.05, 3.63) is 29.8 Å². The Bertz CT molecular complexity index is 1020. The standard InChI is InChI=1S/C23H37N5O6S/c1-16-9-11-18(12-10-16)35(31,32)26-21(24)28-13-7-8-17(15-28)14-19(20(29)27(5)33-6)25-22(30)34-23(2,3)4/h9-12,17,19H,7-8,13-15H2,1-6H3,(H2,24,26)(H,25,30)/t17?,19-/m0/s1. The fraction of sp³-hybridized carbons (Fsp3) is 0.609. The Labute approximate surface area is 207 Å². The van der Waals surface area contributed by atoms with Crippen molar-refractivity contribution in [3.63, 3.8) is 0 Å². The van der Waals surface area contributed by atoms with Gasteiger partial charge in [-0.2, -0.15) is 8.42 Å². The molecule has 2 amide bonds. The molecule has 1 aromatic rings. The van der Waals surface area contributed by atoms with E-state index in [9.17, 15) is 18.0 Å². The summed E-state index contributed by atoms with van der Waals surface area (Å²) in [6, 6.07) is 5.48. The number of nitrogens with zero attached hydrogens (tertiary/aromatic N) is 3. The second-order valence-electron chi connectivity index (χ2n) is 9.64. The predicted molar refractivity (Wildman–Crippen MR) is 132 cm³/mol. The smallest absolute Gasteiger partial charge is 0.408 e. The van der Waals surface area contributed by atoms with Gasteiger partial charge in [0.05, 0.1) is 12.0 Å². The third kappa shape index (κ3) is 8.70. The van der Waals surface area contributed by atoms with E-state index in [0.717, 1.165) is 23.5 Å². The molecule has 1 saturated heterocycles. The fourth-order valence-corrected chi connectivity index (χ4v) is 4.67. The zero-order valence-electron chi connectivity index (χ0n) is 21.3. The second-order valence-corrected chi connectivity index (χ2v) is 11.2. The number of alkyl carbamates (subject to hydrolysis) is 1. The molecule has 0 aliphatic carbocycles. The summed E-state index contributed by atoms with van der Waals surface area (Å²) in [4.78, 5) is 31.9. The number of benzene rings is 1. The SMILES string of the molecule is CON(C)C(=O)[C@H](CC1CCCN(/C(N)=N/S(=O)(=O)c2ccc(C)cc2)C1)NC(=O)OC(C)(C)C. The number of carbonyl (C=O) groups is 2. The van der Waals surface area contributed by atoms with Gasteiger partial charge in [0.15, 0.2) is 0 Å². The van der Waals surface area contributed by atoms with Crippen molar-refractivity contribution in [2.45, 2.75) is 63.5 Å². The van der Waals surface area contributed by atoms with Crippen molar-refractivity contribution < 1.29 is 27.6 Å². The number of amides is 2. The molecule has 12 heteroatoms. The molecule has 1 aliphatic rings. The maximum absolute atomic E-state index is 12.8. The van der Waals surface area contributed by atoms with Crippen LogP contribution >= 0.6 is 0 Å². The Morgan fingerprint density at radius 3 is 2.49 bits per heavy atom. The molecule has 0 spiro atoms. The molecule has 0 radical (unpaired) electrons. The number of nitrogens with one attached hydrogen (secondary N) is 1. The van der Waals surface area contributed by atoms with Crippen LogP contribution in [0.3, 0.4) is 0 Å². The van der Waals surface area contributed by atoms with Gasteiger partial charge in [-0.15, -0.1) is 4.40 Å². The zero-order chi connectivity index (χ0) is 26.4. The number of likely N-dealkylation sites (tertiary alicyclic amines) is 1. The lowest BCUT2D eigenvalue weighted by molar-refractivity contribution is -0.171. The van der Waals surface area contributed by atoms with E-state index in [1.54, 1.807) is 37.8 Å². The van der Waals surface area contributed by atoms with Gasteiger partial charge in [-0.25, -0.2) is 9.86 Å². The molecule has 0 saturated carbocycles. The number of rotatable bonds is 7. The highest BCUT2D eigenvalue weighted by molar-refractivity contribution is 7.90. The van der Waals surface area contributed by atoms with Crippen LogP contribution in [0.2, 0.25) is 0 Å². The molecule has 1 heterocycles. The van der Waals surface area contributed by atoms with Gasteiger partial charge in [-0.05, 0) is 65.0 Å². The Morgan fingerprint density at radius 1 is 1.29 bits per heavy atom. The average Bonchev–Trinajstić information content (AvgIpc) is 2.76. The Balaban J connectivity index is 2.14. The molecule has 2 atom stereocenters. The van der Waals surface area contributed by atoms with E-state index in [1.807, 2.05) is 6.92 Å². The first-order chi connectivity index (χ1) is 16.2. The first-order valence-corrected chi connectivity index (χ1v) is 12.9. The van der Waals surface area contributed by atoms with E-state index in [1.165, 1.54) is 26.3 Å². The third-order valence-electron chi connectivity index (χ3n) is 5.52. The quantitative estimate of drug-likeness (QED) is 0.321. The number of piperidine rings is 1. The largest absolute Gasteiger partial charge is 0.444 e. The van der Waals surface area contributed by atoms with Crippen LogP contribution in [0.25, 0.3) is 0 Å². The minimum atomic E-state index is -3.96. The molecule has 3 N–H and O–H groups in total. The highest BCUT2D eigenvalue weighted by Gasteiger charge is 2.32. The Hall–Kier alpha value is -2.86. The van der Waals surface area contributed by atoms with E-state index < -0.39 is 33.7 Å². The molecule has 1 aliphatic heterocycles. The summed E-state index contributed by atoms with van der Waals surface area (Å²) in [7, 11) is -1.14. The summed E-state index contributed by atoms with van der Waals surface area (Å²) in [6.07, 6.45) is 1.07. The van der Waals surface area contributed by atoms with Crippen LogP contribution in [-0.2, 0) is 24.4 Å². The summed E-state index contributed by atoms with van der Waals surface area (Å²) in [6.45, 7) is 7.98. The van der Waals surface area contributed by atoms with Gasteiger partial charge in [0.2, 0.25) is 5.96 Å². The molecule has 11 nitrogen and oxygen atoms in total. The van der Waals surface area contributed by atoms with Crippen molar-refractivity contribution in [2.75, 3.05) is 27.2 Å². The number of nitrogens with two attached hydrogens (primary N) is 1. The van der Waals surface area contributed by atoms with Crippen molar-refractivity contribution in [1.29, 1.82) is 0 Å². The van der Waals surface area contributed by atoms with Gasteiger partial charge in [-0.1, -0.05) is 17.7 Å². The lowest BCUT2D eigenvalue weighted by Crippen LogP contribution is -2.51. The third-order valence-corrected chi connectivity index (χ3v) is 6.81. The van der Waals surface area contributed by atoms with Crippen molar-refractivity contribution in [3.8, 4) is 0 Å². The normalized spacial score (nSPS) is 18.1. The average molecular weight is 512 g/mol. The molecule has 0 aromatic heterocycles. The van der Waals surface area contributed by atoms with Crippen LogP contribution in [0.1, 0.15) is 45.6 Å². The van der Waals surface area contributed by atoms with Crippen molar-refractivity contribution >= 4 is 28.0 Å². The maximum atomic E-state index is 12.8. The predicted octanol–water partition coefficient (Wildman–Crippen LogP) is 2.01. The number of hydrogen-bond acceptors (Lipinski definition) is 6. The van der Waals surface area contributed by atoms with Gasteiger partial charge < -0.3 is 20.7 Å². The summed E-state index contributed by atoms with van der Waals surface area (Å²) >= 11 is 0.